The lowest BCUT2D eigenvalue weighted by molar-refractivity contribution is -0.126. The third kappa shape index (κ3) is 2.76. The molecule has 1 saturated heterocycles. The second-order valence-corrected chi connectivity index (χ2v) is 7.35. The summed E-state index contributed by atoms with van der Waals surface area (Å²) in [6.45, 7) is 2.67. The summed E-state index contributed by atoms with van der Waals surface area (Å²) >= 11 is 7.65. The molecule has 2 fully saturated rings. The van der Waals surface area contributed by atoms with Gasteiger partial charge >= 0.3 is 0 Å². The van der Waals surface area contributed by atoms with Crippen molar-refractivity contribution in [3.63, 3.8) is 0 Å². The molecule has 1 aromatic heterocycles. The van der Waals surface area contributed by atoms with Crippen LogP contribution in [-0.4, -0.2) is 29.2 Å². The fourth-order valence-corrected chi connectivity index (χ4v) is 4.81. The summed E-state index contributed by atoms with van der Waals surface area (Å²) in [5, 5.41) is 2.50. The maximum atomic E-state index is 12.8. The number of amides is 1. The van der Waals surface area contributed by atoms with Crippen LogP contribution in [0.2, 0.25) is 5.02 Å². The molecule has 1 aromatic rings. The van der Waals surface area contributed by atoms with Gasteiger partial charge in [0.25, 0.3) is 5.91 Å². The van der Waals surface area contributed by atoms with Crippen molar-refractivity contribution >= 4 is 34.6 Å². The van der Waals surface area contributed by atoms with Gasteiger partial charge in [-0.2, -0.15) is 0 Å². The Morgan fingerprint density at radius 3 is 2.81 bits per heavy atom. The maximum absolute atomic E-state index is 12.8. The summed E-state index contributed by atoms with van der Waals surface area (Å²) in [7, 11) is 0. The molecule has 0 bridgehead atoms. The van der Waals surface area contributed by atoms with Crippen molar-refractivity contribution < 1.29 is 9.59 Å². The van der Waals surface area contributed by atoms with Crippen LogP contribution in [0.3, 0.4) is 0 Å². The number of nitrogens with zero attached hydrogens (tertiary/aromatic N) is 1. The van der Waals surface area contributed by atoms with E-state index in [0.29, 0.717) is 22.1 Å². The van der Waals surface area contributed by atoms with Crippen molar-refractivity contribution in [3.05, 3.63) is 20.8 Å². The molecule has 114 valence electrons. The van der Waals surface area contributed by atoms with E-state index in [1.165, 1.54) is 11.3 Å². The molecule has 1 amide bonds. The van der Waals surface area contributed by atoms with Crippen molar-refractivity contribution in [2.75, 3.05) is 6.54 Å². The third-order valence-electron chi connectivity index (χ3n) is 4.72. The van der Waals surface area contributed by atoms with Crippen LogP contribution >= 0.6 is 22.9 Å². The fourth-order valence-electron chi connectivity index (χ4n) is 3.58. The molecule has 2 unspecified atom stereocenters. The van der Waals surface area contributed by atoms with Gasteiger partial charge in [-0.3, -0.25) is 9.59 Å². The topological polar surface area (TPSA) is 37.4 Å². The van der Waals surface area contributed by atoms with E-state index in [9.17, 15) is 9.59 Å². The van der Waals surface area contributed by atoms with E-state index in [1.807, 2.05) is 17.2 Å². The van der Waals surface area contributed by atoms with E-state index in [2.05, 4.69) is 0 Å². The van der Waals surface area contributed by atoms with Crippen LogP contribution in [0.25, 0.3) is 0 Å². The van der Waals surface area contributed by atoms with Crippen LogP contribution in [0.4, 0.5) is 0 Å². The van der Waals surface area contributed by atoms with E-state index in [-0.39, 0.29) is 17.9 Å². The van der Waals surface area contributed by atoms with Gasteiger partial charge in [-0.05, 0) is 43.6 Å². The number of ketones is 1. The van der Waals surface area contributed by atoms with Crippen molar-refractivity contribution in [1.29, 1.82) is 0 Å². The van der Waals surface area contributed by atoms with Gasteiger partial charge < -0.3 is 4.90 Å². The Morgan fingerprint density at radius 2 is 2.14 bits per heavy atom. The number of thiophene rings is 1. The van der Waals surface area contributed by atoms with Crippen molar-refractivity contribution in [2.24, 2.45) is 5.92 Å². The average Bonchev–Trinajstić information content (AvgIpc) is 3.07. The lowest BCUT2D eigenvalue weighted by Crippen LogP contribution is -2.43. The normalized spacial score (nSPS) is 26.4. The van der Waals surface area contributed by atoms with E-state index < -0.39 is 0 Å². The highest BCUT2D eigenvalue weighted by Gasteiger charge is 2.39. The van der Waals surface area contributed by atoms with Crippen LogP contribution in [0.1, 0.15) is 53.8 Å². The Hall–Kier alpha value is -0.870. The number of carbonyl (C=O) groups excluding carboxylic acids is 2. The van der Waals surface area contributed by atoms with Crippen molar-refractivity contribution in [3.8, 4) is 0 Å². The summed E-state index contributed by atoms with van der Waals surface area (Å²) in [5.74, 6) is 0.406. The first-order valence-corrected chi connectivity index (χ1v) is 8.92. The zero-order valence-electron chi connectivity index (χ0n) is 12.2. The van der Waals surface area contributed by atoms with Crippen LogP contribution in [0.15, 0.2) is 5.38 Å². The predicted octanol–water partition coefficient (Wildman–Crippen LogP) is 4.07. The van der Waals surface area contributed by atoms with E-state index in [0.717, 1.165) is 44.2 Å². The standard InChI is InChI=1S/C16H20ClNO2S/c1-10-9-21-15(14(10)17)16(20)18-8-4-6-12(18)11-5-2-3-7-13(11)19/h9,11-12H,2-8H2,1H3. The Bertz CT molecular complexity index is 569. The highest BCUT2D eigenvalue weighted by molar-refractivity contribution is 7.13. The lowest BCUT2D eigenvalue weighted by Gasteiger charge is -2.33. The molecular weight excluding hydrogens is 306 g/mol. The molecule has 2 atom stereocenters. The third-order valence-corrected chi connectivity index (χ3v) is 6.40. The van der Waals surface area contributed by atoms with Gasteiger partial charge in [0.2, 0.25) is 0 Å². The lowest BCUT2D eigenvalue weighted by atomic mass is 9.82. The summed E-state index contributed by atoms with van der Waals surface area (Å²) in [4.78, 5) is 27.5. The van der Waals surface area contributed by atoms with Crippen molar-refractivity contribution in [2.45, 2.75) is 51.5 Å². The number of hydrogen-bond acceptors (Lipinski definition) is 3. The molecule has 0 radical (unpaired) electrons. The molecule has 1 saturated carbocycles. The first-order chi connectivity index (χ1) is 10.1. The van der Waals surface area contributed by atoms with Gasteiger partial charge in [0.05, 0.1) is 5.02 Å². The van der Waals surface area contributed by atoms with Crippen LogP contribution in [-0.2, 0) is 4.79 Å². The van der Waals surface area contributed by atoms with E-state index >= 15 is 0 Å². The van der Waals surface area contributed by atoms with Crippen molar-refractivity contribution in [1.82, 2.24) is 4.90 Å². The molecule has 5 heteroatoms. The molecule has 0 N–H and O–H groups in total. The largest absolute Gasteiger partial charge is 0.334 e. The number of likely N-dealkylation sites (tertiary alicyclic amines) is 1. The Labute approximate surface area is 134 Å². The van der Waals surface area contributed by atoms with Gasteiger partial charge in [-0.25, -0.2) is 0 Å². The molecule has 2 heterocycles. The van der Waals surface area contributed by atoms with E-state index in [1.54, 1.807) is 0 Å². The minimum absolute atomic E-state index is 0.0129. The molecule has 0 aromatic carbocycles. The molecule has 21 heavy (non-hydrogen) atoms. The van der Waals surface area contributed by atoms with Crippen LogP contribution < -0.4 is 0 Å². The quantitative estimate of drug-likeness (QED) is 0.821. The van der Waals surface area contributed by atoms with E-state index in [4.69, 9.17) is 11.6 Å². The highest BCUT2D eigenvalue weighted by Crippen LogP contribution is 2.35. The van der Waals surface area contributed by atoms with Crippen LogP contribution in [0, 0.1) is 12.8 Å². The summed E-state index contributed by atoms with van der Waals surface area (Å²) in [6, 6.07) is 0.0868. The highest BCUT2D eigenvalue weighted by atomic mass is 35.5. The average molecular weight is 326 g/mol. The number of Topliss-reactive ketones (excluding diaryl/α,β-unsaturated/α-hetero) is 1. The first kappa shape index (κ1) is 15.0. The molecule has 1 aliphatic heterocycles. The van der Waals surface area contributed by atoms with Gasteiger partial charge in [0.15, 0.2) is 0 Å². The number of aryl methyl sites for hydroxylation is 1. The fraction of sp³-hybridized carbons (Fsp3) is 0.625. The molecule has 3 nitrogen and oxygen atoms in total. The smallest absolute Gasteiger partial charge is 0.265 e. The van der Waals surface area contributed by atoms with Crippen LogP contribution in [0.5, 0.6) is 0 Å². The van der Waals surface area contributed by atoms with Gasteiger partial charge in [0, 0.05) is 24.9 Å². The summed E-state index contributed by atoms with van der Waals surface area (Å²) in [5.41, 5.74) is 0.953. The molecule has 2 aliphatic rings. The zero-order chi connectivity index (χ0) is 15.0. The van der Waals surface area contributed by atoms with Gasteiger partial charge in [0.1, 0.15) is 10.7 Å². The summed E-state index contributed by atoms with van der Waals surface area (Å²) < 4.78 is 0. The number of rotatable bonds is 2. The summed E-state index contributed by atoms with van der Waals surface area (Å²) in [6.07, 6.45) is 5.67. The second-order valence-electron chi connectivity index (χ2n) is 6.09. The molecular formula is C16H20ClNO2S. The minimum atomic E-state index is 0.0129. The maximum Gasteiger partial charge on any atom is 0.265 e. The predicted molar refractivity (Wildman–Crippen MR) is 85.1 cm³/mol. The minimum Gasteiger partial charge on any atom is -0.334 e. The number of hydrogen-bond donors (Lipinski definition) is 0. The monoisotopic (exact) mass is 325 g/mol. The molecule has 1 aliphatic carbocycles. The zero-order valence-corrected chi connectivity index (χ0v) is 13.8. The Morgan fingerprint density at radius 1 is 1.33 bits per heavy atom. The second kappa shape index (κ2) is 6.09. The molecule has 0 spiro atoms. The van der Waals surface area contributed by atoms with Gasteiger partial charge in [-0.1, -0.05) is 18.0 Å². The molecule has 3 rings (SSSR count). The first-order valence-electron chi connectivity index (χ1n) is 7.67. The number of carbonyl (C=O) groups is 2. The van der Waals surface area contributed by atoms with Gasteiger partial charge in [-0.15, -0.1) is 11.3 Å². The number of halogens is 1. The SMILES string of the molecule is Cc1csc(C(=O)N2CCCC2C2CCCCC2=O)c1Cl. The Balaban J connectivity index is 1.82. The Kier molecular flexibility index (Phi) is 4.36.